The smallest absolute Gasteiger partial charge is 0.276 e. The highest BCUT2D eigenvalue weighted by Crippen LogP contribution is 2.09. The third kappa shape index (κ3) is 3.79. The fourth-order valence-corrected chi connectivity index (χ4v) is 2.56. The second-order valence-electron chi connectivity index (χ2n) is 5.88. The summed E-state index contributed by atoms with van der Waals surface area (Å²) < 4.78 is 1.37. The quantitative estimate of drug-likeness (QED) is 0.702. The number of hydrogen-bond acceptors (Lipinski definition) is 4. The van der Waals surface area contributed by atoms with Crippen molar-refractivity contribution in [3.05, 3.63) is 33.9 Å². The number of fused-ring (bicyclic) bond motifs is 1. The lowest BCUT2D eigenvalue weighted by Gasteiger charge is -2.22. The van der Waals surface area contributed by atoms with Gasteiger partial charge in [0.25, 0.3) is 5.56 Å². The van der Waals surface area contributed by atoms with Crippen LogP contribution in [-0.4, -0.2) is 38.3 Å². The van der Waals surface area contributed by atoms with Crippen molar-refractivity contribution in [1.29, 1.82) is 0 Å². The predicted molar refractivity (Wildman–Crippen MR) is 87.3 cm³/mol. The maximum Gasteiger partial charge on any atom is 0.276 e. The van der Waals surface area contributed by atoms with Gasteiger partial charge < -0.3 is 10.4 Å². The summed E-state index contributed by atoms with van der Waals surface area (Å²) in [5.41, 5.74) is 1.57. The Bertz CT molecular complexity index is 734. The number of aliphatic hydroxyl groups is 1. The number of aromatic amines is 1. The molecule has 2 aromatic rings. The van der Waals surface area contributed by atoms with Gasteiger partial charge in [-0.15, -0.1) is 0 Å². The van der Waals surface area contributed by atoms with Crippen LogP contribution in [0.2, 0.25) is 0 Å². The Morgan fingerprint density at radius 2 is 2.26 bits per heavy atom. The fraction of sp³-hybridized carbons (Fsp3) is 0.562. The van der Waals surface area contributed by atoms with E-state index in [4.69, 9.17) is 0 Å². The van der Waals surface area contributed by atoms with E-state index in [1.165, 1.54) is 4.52 Å². The molecule has 0 aliphatic rings. The standard InChI is InChI=1S/C16H24N4O3/c1-4-10(2)13(9-21)19-15(22)6-5-12-11(3)18-14-7-8-17-20(14)16(12)23/h7-8,10,13,17,21H,4-6,9H2,1-3H3,(H,19,22)/t10-,13-/m1/s1. The van der Waals surface area contributed by atoms with Crippen LogP contribution in [0.25, 0.3) is 5.65 Å². The molecule has 2 heterocycles. The first-order valence-corrected chi connectivity index (χ1v) is 7.93. The largest absolute Gasteiger partial charge is 0.394 e. The van der Waals surface area contributed by atoms with Crippen LogP contribution in [0.3, 0.4) is 0 Å². The molecule has 0 bridgehead atoms. The number of carbonyl (C=O) groups is 1. The SMILES string of the molecule is CC[C@@H](C)[C@@H](CO)NC(=O)CCc1c(C)nc2cc[nH]n2c1=O. The molecule has 0 aliphatic carbocycles. The van der Waals surface area contributed by atoms with Gasteiger partial charge in [-0.3, -0.25) is 14.7 Å². The predicted octanol–water partition coefficient (Wildman–Crippen LogP) is 0.787. The molecule has 0 unspecified atom stereocenters. The number of amides is 1. The lowest BCUT2D eigenvalue weighted by Crippen LogP contribution is -2.42. The van der Waals surface area contributed by atoms with Crippen LogP contribution < -0.4 is 10.9 Å². The first kappa shape index (κ1) is 17.2. The maximum absolute atomic E-state index is 12.4. The summed E-state index contributed by atoms with van der Waals surface area (Å²) in [7, 11) is 0. The number of aromatic nitrogens is 3. The number of carbonyl (C=O) groups excluding carboxylic acids is 1. The van der Waals surface area contributed by atoms with Crippen molar-refractivity contribution in [2.75, 3.05) is 6.61 Å². The molecule has 23 heavy (non-hydrogen) atoms. The minimum atomic E-state index is -0.251. The van der Waals surface area contributed by atoms with Gasteiger partial charge in [0.05, 0.1) is 12.6 Å². The highest BCUT2D eigenvalue weighted by atomic mass is 16.3. The van der Waals surface area contributed by atoms with Crippen molar-refractivity contribution >= 4 is 11.6 Å². The number of hydrogen-bond donors (Lipinski definition) is 3. The number of rotatable bonds is 7. The Labute approximate surface area is 134 Å². The zero-order valence-corrected chi connectivity index (χ0v) is 13.8. The Hall–Kier alpha value is -2.15. The molecule has 0 aliphatic heterocycles. The zero-order valence-electron chi connectivity index (χ0n) is 13.8. The van der Waals surface area contributed by atoms with Gasteiger partial charge >= 0.3 is 0 Å². The van der Waals surface area contributed by atoms with E-state index in [2.05, 4.69) is 15.4 Å². The molecule has 0 spiro atoms. The van der Waals surface area contributed by atoms with Crippen molar-refractivity contribution in [1.82, 2.24) is 19.9 Å². The van der Waals surface area contributed by atoms with Crippen molar-refractivity contribution < 1.29 is 9.90 Å². The van der Waals surface area contributed by atoms with Gasteiger partial charge in [-0.1, -0.05) is 20.3 Å². The molecule has 7 heteroatoms. The molecule has 0 fully saturated rings. The van der Waals surface area contributed by atoms with Crippen LogP contribution >= 0.6 is 0 Å². The summed E-state index contributed by atoms with van der Waals surface area (Å²) in [6, 6.07) is 1.47. The number of aliphatic hydroxyl groups excluding tert-OH is 1. The Balaban J connectivity index is 2.06. The van der Waals surface area contributed by atoms with E-state index >= 15 is 0 Å². The molecule has 0 saturated heterocycles. The van der Waals surface area contributed by atoms with E-state index in [0.717, 1.165) is 6.42 Å². The van der Waals surface area contributed by atoms with Crippen molar-refractivity contribution in [3.63, 3.8) is 0 Å². The van der Waals surface area contributed by atoms with E-state index in [1.54, 1.807) is 19.2 Å². The fourth-order valence-electron chi connectivity index (χ4n) is 2.56. The van der Waals surface area contributed by atoms with Crippen LogP contribution in [0.5, 0.6) is 0 Å². The Morgan fingerprint density at radius 1 is 1.52 bits per heavy atom. The third-order valence-electron chi connectivity index (χ3n) is 4.32. The Kier molecular flexibility index (Phi) is 5.54. The van der Waals surface area contributed by atoms with Crippen molar-refractivity contribution in [2.24, 2.45) is 5.92 Å². The average Bonchev–Trinajstić information content (AvgIpc) is 3.00. The lowest BCUT2D eigenvalue weighted by atomic mass is 9.99. The zero-order chi connectivity index (χ0) is 17.0. The number of nitrogens with one attached hydrogen (secondary N) is 2. The molecule has 0 radical (unpaired) electrons. The summed E-state index contributed by atoms with van der Waals surface area (Å²) in [4.78, 5) is 28.8. The Morgan fingerprint density at radius 3 is 2.91 bits per heavy atom. The lowest BCUT2D eigenvalue weighted by molar-refractivity contribution is -0.122. The second-order valence-corrected chi connectivity index (χ2v) is 5.88. The van der Waals surface area contributed by atoms with Gasteiger partial charge in [0.1, 0.15) is 0 Å². The summed E-state index contributed by atoms with van der Waals surface area (Å²) in [5, 5.41) is 15.0. The molecule has 1 amide bonds. The van der Waals surface area contributed by atoms with Crippen molar-refractivity contribution in [2.45, 2.75) is 46.1 Å². The number of H-pyrrole nitrogens is 1. The highest BCUT2D eigenvalue weighted by Gasteiger charge is 2.18. The molecule has 2 atom stereocenters. The van der Waals surface area contributed by atoms with Crippen molar-refractivity contribution in [3.8, 4) is 0 Å². The van der Waals surface area contributed by atoms with E-state index in [9.17, 15) is 14.7 Å². The molecule has 126 valence electrons. The normalized spacial score (nSPS) is 13.9. The molecule has 0 saturated carbocycles. The average molecular weight is 320 g/mol. The van der Waals surface area contributed by atoms with Gasteiger partial charge in [-0.25, -0.2) is 9.50 Å². The summed E-state index contributed by atoms with van der Waals surface area (Å²) >= 11 is 0. The first-order valence-electron chi connectivity index (χ1n) is 7.93. The molecule has 0 aromatic carbocycles. The molecule has 3 N–H and O–H groups in total. The first-order chi connectivity index (χ1) is 11.0. The molecule has 2 aromatic heterocycles. The third-order valence-corrected chi connectivity index (χ3v) is 4.32. The summed E-state index contributed by atoms with van der Waals surface area (Å²) in [6.45, 7) is 5.69. The summed E-state index contributed by atoms with van der Waals surface area (Å²) in [5.74, 6) is 0.0352. The summed E-state index contributed by atoms with van der Waals surface area (Å²) in [6.07, 6.45) is 3.04. The van der Waals surface area contributed by atoms with Gasteiger partial charge in [0.2, 0.25) is 5.91 Å². The maximum atomic E-state index is 12.4. The van der Waals surface area contributed by atoms with E-state index in [1.807, 2.05) is 13.8 Å². The van der Waals surface area contributed by atoms with Crippen LogP contribution in [-0.2, 0) is 11.2 Å². The number of aryl methyl sites for hydroxylation is 1. The topological polar surface area (TPSA) is 99.5 Å². The second kappa shape index (κ2) is 7.41. The molecular formula is C16H24N4O3. The van der Waals surface area contributed by atoms with Gasteiger partial charge in [0.15, 0.2) is 5.65 Å². The minimum Gasteiger partial charge on any atom is -0.394 e. The van der Waals surface area contributed by atoms with Gasteiger partial charge in [0, 0.05) is 29.9 Å². The van der Waals surface area contributed by atoms with Crippen LogP contribution in [0.4, 0.5) is 0 Å². The molecule has 7 nitrogen and oxygen atoms in total. The highest BCUT2D eigenvalue weighted by molar-refractivity contribution is 5.76. The van der Waals surface area contributed by atoms with E-state index in [-0.39, 0.29) is 36.5 Å². The number of nitrogens with zero attached hydrogens (tertiary/aromatic N) is 2. The van der Waals surface area contributed by atoms with Gasteiger partial charge in [-0.2, -0.15) is 0 Å². The monoisotopic (exact) mass is 320 g/mol. The van der Waals surface area contributed by atoms with E-state index in [0.29, 0.717) is 23.3 Å². The molecule has 2 rings (SSSR count). The molecular weight excluding hydrogens is 296 g/mol. The van der Waals surface area contributed by atoms with E-state index < -0.39 is 0 Å². The van der Waals surface area contributed by atoms with Crippen LogP contribution in [0.15, 0.2) is 17.1 Å². The minimum absolute atomic E-state index is 0.0849. The van der Waals surface area contributed by atoms with Gasteiger partial charge in [-0.05, 0) is 19.3 Å². The van der Waals surface area contributed by atoms with Crippen LogP contribution in [0.1, 0.15) is 37.9 Å². The van der Waals surface area contributed by atoms with Crippen LogP contribution in [0, 0.1) is 12.8 Å².